The third-order valence-electron chi connectivity index (χ3n) is 6.34. The van der Waals surface area contributed by atoms with E-state index in [0.717, 1.165) is 16.8 Å². The molecule has 0 atom stereocenters. The smallest absolute Gasteiger partial charge is 0.128 e. The molecule has 0 aliphatic heterocycles. The molecule has 0 heterocycles. The molecule has 0 N–H and O–H groups in total. The predicted octanol–water partition coefficient (Wildman–Crippen LogP) is 0.147. The van der Waals surface area contributed by atoms with Crippen LogP contribution in [0.2, 0.25) is 0 Å². The lowest BCUT2D eigenvalue weighted by Crippen LogP contribution is -3.00. The average molecular weight is 567 g/mol. The minimum atomic E-state index is 0. The van der Waals surface area contributed by atoms with E-state index in [1.54, 1.807) is 0 Å². The molecule has 184 valence electrons. The van der Waals surface area contributed by atoms with Gasteiger partial charge in [-0.1, -0.05) is 63.1 Å². The third-order valence-corrected chi connectivity index (χ3v) is 6.34. The number of halogens is 2. The van der Waals surface area contributed by atoms with Crippen LogP contribution >= 0.6 is 0 Å². The Balaban J connectivity index is 0. The molecule has 1 rings (SSSR count). The zero-order valence-corrected chi connectivity index (χ0v) is 24.2. The second-order valence-electron chi connectivity index (χ2n) is 10.1. The molecule has 0 radical (unpaired) electrons. The van der Waals surface area contributed by atoms with Crippen LogP contribution in [0.4, 0.5) is 0 Å². The Morgan fingerprint density at radius 3 is 1.55 bits per heavy atom. The van der Waals surface area contributed by atoms with Gasteiger partial charge in [0, 0.05) is 0 Å². The van der Waals surface area contributed by atoms with E-state index < -0.39 is 0 Å². The summed E-state index contributed by atoms with van der Waals surface area (Å²) >= 11 is 0. The van der Waals surface area contributed by atoms with E-state index in [1.165, 1.54) is 94.9 Å². The molecule has 0 saturated carbocycles. The molecule has 0 aliphatic carbocycles. The van der Waals surface area contributed by atoms with Gasteiger partial charge in [0.1, 0.15) is 18.8 Å². The van der Waals surface area contributed by atoms with E-state index >= 15 is 0 Å². The van der Waals surface area contributed by atoms with Crippen LogP contribution in [0.25, 0.3) is 0 Å². The Morgan fingerprint density at radius 1 is 0.581 bits per heavy atom. The predicted molar refractivity (Wildman–Crippen MR) is 127 cm³/mol. The molecule has 0 aromatic heterocycles. The summed E-state index contributed by atoms with van der Waals surface area (Å²) in [7, 11) is 9.50. The van der Waals surface area contributed by atoms with Crippen molar-refractivity contribution in [2.24, 2.45) is 0 Å². The first kappa shape index (κ1) is 33.1. The number of unbranched alkanes of at least 4 members (excludes halogenated alkanes) is 9. The third kappa shape index (κ3) is 19.1. The molecule has 0 fully saturated rings. The van der Waals surface area contributed by atoms with E-state index in [-0.39, 0.29) is 34.0 Å². The SMILES string of the molecule is CC[N+](C)(C)CC[N+](C)(C)CCCCCCCCCCCCOc1ccccc1.[Br-].[Br-]. The van der Waals surface area contributed by atoms with E-state index in [4.69, 9.17) is 4.74 Å². The van der Waals surface area contributed by atoms with Gasteiger partial charge in [-0.05, 0) is 38.3 Å². The Labute approximate surface area is 215 Å². The number of ether oxygens (including phenoxy) is 1. The summed E-state index contributed by atoms with van der Waals surface area (Å²) in [5.41, 5.74) is 0. The first-order chi connectivity index (χ1) is 13.8. The van der Waals surface area contributed by atoms with E-state index in [0.29, 0.717) is 0 Å². The molecule has 0 unspecified atom stereocenters. The van der Waals surface area contributed by atoms with Crippen molar-refractivity contribution in [2.45, 2.75) is 71.1 Å². The molecular formula is C26H50Br2N2O. The second kappa shape index (κ2) is 19.4. The van der Waals surface area contributed by atoms with Crippen LogP contribution in [0.1, 0.15) is 71.1 Å². The molecule has 0 bridgehead atoms. The summed E-state index contributed by atoms with van der Waals surface area (Å²) < 4.78 is 8.06. The quantitative estimate of drug-likeness (QED) is 0.182. The lowest BCUT2D eigenvalue weighted by molar-refractivity contribution is -0.945. The van der Waals surface area contributed by atoms with Gasteiger partial charge in [-0.3, -0.25) is 0 Å². The minimum absolute atomic E-state index is 0. The Morgan fingerprint density at radius 2 is 1.03 bits per heavy atom. The minimum Gasteiger partial charge on any atom is -1.00 e. The van der Waals surface area contributed by atoms with Gasteiger partial charge in [-0.25, -0.2) is 0 Å². The van der Waals surface area contributed by atoms with Crippen molar-refractivity contribution in [2.75, 3.05) is 61.0 Å². The first-order valence-electron chi connectivity index (χ1n) is 12.2. The Kier molecular flexibility index (Phi) is 20.7. The maximum absolute atomic E-state index is 5.75. The maximum Gasteiger partial charge on any atom is 0.128 e. The molecule has 0 aliphatic rings. The average Bonchev–Trinajstić information content (AvgIpc) is 2.71. The molecule has 0 amide bonds. The van der Waals surface area contributed by atoms with Gasteiger partial charge in [-0.15, -0.1) is 0 Å². The summed E-state index contributed by atoms with van der Waals surface area (Å²) in [4.78, 5) is 0. The van der Waals surface area contributed by atoms with Crippen molar-refractivity contribution < 1.29 is 47.7 Å². The highest BCUT2D eigenvalue weighted by atomic mass is 79.9. The number of nitrogens with zero attached hydrogens (tertiary/aromatic N) is 2. The molecule has 5 heteroatoms. The summed E-state index contributed by atoms with van der Waals surface area (Å²) in [5.74, 6) is 0.999. The van der Waals surface area contributed by atoms with Crippen molar-refractivity contribution in [3.63, 3.8) is 0 Å². The number of rotatable bonds is 18. The fourth-order valence-corrected chi connectivity index (χ4v) is 3.57. The topological polar surface area (TPSA) is 9.23 Å². The molecule has 0 spiro atoms. The van der Waals surface area contributed by atoms with Gasteiger partial charge in [-0.2, -0.15) is 0 Å². The lowest BCUT2D eigenvalue weighted by atomic mass is 10.1. The highest BCUT2D eigenvalue weighted by Gasteiger charge is 2.20. The second-order valence-corrected chi connectivity index (χ2v) is 10.1. The number of hydrogen-bond acceptors (Lipinski definition) is 1. The van der Waals surface area contributed by atoms with E-state index in [1.807, 2.05) is 30.3 Å². The van der Waals surface area contributed by atoms with Gasteiger partial charge < -0.3 is 47.7 Å². The van der Waals surface area contributed by atoms with E-state index in [2.05, 4.69) is 35.1 Å². The summed E-state index contributed by atoms with van der Waals surface area (Å²) in [6.45, 7) is 8.27. The Hall–Kier alpha value is -0.100. The van der Waals surface area contributed by atoms with Crippen molar-refractivity contribution >= 4 is 0 Å². The number of benzene rings is 1. The van der Waals surface area contributed by atoms with Crippen LogP contribution in [0, 0.1) is 0 Å². The maximum atomic E-state index is 5.75. The highest BCUT2D eigenvalue weighted by Crippen LogP contribution is 2.13. The van der Waals surface area contributed by atoms with Crippen LogP contribution in [0.5, 0.6) is 5.75 Å². The van der Waals surface area contributed by atoms with Crippen LogP contribution < -0.4 is 38.7 Å². The molecule has 0 saturated heterocycles. The molecule has 1 aromatic rings. The largest absolute Gasteiger partial charge is 1.00 e. The zero-order valence-electron chi connectivity index (χ0n) is 21.1. The number of quaternary nitrogens is 2. The van der Waals surface area contributed by atoms with Gasteiger partial charge in [0.2, 0.25) is 0 Å². The lowest BCUT2D eigenvalue weighted by Gasteiger charge is -2.35. The normalized spacial score (nSPS) is 11.5. The van der Waals surface area contributed by atoms with Gasteiger partial charge in [0.05, 0.1) is 47.9 Å². The van der Waals surface area contributed by atoms with Crippen molar-refractivity contribution in [3.05, 3.63) is 30.3 Å². The van der Waals surface area contributed by atoms with Crippen molar-refractivity contribution in [1.82, 2.24) is 0 Å². The van der Waals surface area contributed by atoms with Gasteiger partial charge in [0.15, 0.2) is 0 Å². The molecule has 3 nitrogen and oxygen atoms in total. The highest BCUT2D eigenvalue weighted by molar-refractivity contribution is 5.20. The summed E-state index contributed by atoms with van der Waals surface area (Å²) in [5, 5.41) is 0. The molecule has 31 heavy (non-hydrogen) atoms. The standard InChI is InChI=1S/C26H50N2O.2BrH/c1-6-27(2,3)23-24-28(4,5)22-18-13-11-9-7-8-10-12-14-19-25-29-26-20-16-15-17-21-26;;/h15-17,20-21H,6-14,18-19,22-25H2,1-5H3;2*1H/q+2;;/p-2. The first-order valence-corrected chi connectivity index (χ1v) is 12.2. The fraction of sp³-hybridized carbons (Fsp3) is 0.769. The number of para-hydroxylation sites is 1. The zero-order chi connectivity index (χ0) is 21.4. The van der Waals surface area contributed by atoms with Crippen molar-refractivity contribution in [1.29, 1.82) is 0 Å². The number of hydrogen-bond donors (Lipinski definition) is 0. The van der Waals surface area contributed by atoms with Crippen LogP contribution in [-0.2, 0) is 0 Å². The van der Waals surface area contributed by atoms with Crippen LogP contribution in [0.3, 0.4) is 0 Å². The van der Waals surface area contributed by atoms with E-state index in [9.17, 15) is 0 Å². The van der Waals surface area contributed by atoms with Gasteiger partial charge in [0.25, 0.3) is 0 Å². The van der Waals surface area contributed by atoms with Gasteiger partial charge >= 0.3 is 0 Å². The van der Waals surface area contributed by atoms with Crippen molar-refractivity contribution in [3.8, 4) is 5.75 Å². The monoisotopic (exact) mass is 564 g/mol. The summed E-state index contributed by atoms with van der Waals surface area (Å²) in [6, 6.07) is 10.2. The molecule has 1 aromatic carbocycles. The van der Waals surface area contributed by atoms with Crippen LogP contribution in [-0.4, -0.2) is 69.9 Å². The number of likely N-dealkylation sites (N-methyl/N-ethyl adjacent to an activating group) is 2. The fourth-order valence-electron chi connectivity index (χ4n) is 3.57. The molecular weight excluding hydrogens is 516 g/mol. The van der Waals surface area contributed by atoms with Crippen LogP contribution in [0.15, 0.2) is 30.3 Å². The Bertz CT molecular complexity index is 509. The summed E-state index contributed by atoms with van der Waals surface area (Å²) in [6.07, 6.45) is 13.7.